The third kappa shape index (κ3) is 4.61. The molecule has 0 aromatic carbocycles. The maximum Gasteiger partial charge on any atom is 0.211 e. The van der Waals surface area contributed by atoms with Gasteiger partial charge in [-0.3, -0.25) is 0 Å². The Morgan fingerprint density at radius 2 is 2.14 bits per heavy atom. The van der Waals surface area contributed by atoms with Gasteiger partial charge in [0.2, 0.25) is 6.20 Å². The van der Waals surface area contributed by atoms with Gasteiger partial charge in [0.15, 0.2) is 11.9 Å². The van der Waals surface area contributed by atoms with Crippen LogP contribution in [-0.4, -0.2) is 6.61 Å². The highest BCUT2D eigenvalue weighted by molar-refractivity contribution is 5.12. The molecule has 3 heteroatoms. The lowest BCUT2D eigenvalue weighted by Crippen LogP contribution is -3.00. The zero-order valence-corrected chi connectivity index (χ0v) is 10.5. The number of unbranched alkanes of at least 4 members (excludes halogenated alkanes) is 1. The van der Waals surface area contributed by atoms with Crippen molar-refractivity contribution < 1.29 is 26.3 Å². The van der Waals surface area contributed by atoms with Gasteiger partial charge >= 0.3 is 0 Å². The van der Waals surface area contributed by atoms with E-state index >= 15 is 0 Å². The average Bonchev–Trinajstić information content (AvgIpc) is 2.16. The van der Waals surface area contributed by atoms with Crippen LogP contribution in [-0.2, 0) is 6.54 Å². The summed E-state index contributed by atoms with van der Waals surface area (Å²) in [4.78, 5) is 0. The Labute approximate surface area is 96.7 Å². The second-order valence-electron chi connectivity index (χ2n) is 3.06. The SMILES string of the molecule is CCCC[n+]1cccc(OCC)c1.[Br-]. The normalized spacial score (nSPS) is 9.29. The Morgan fingerprint density at radius 1 is 1.36 bits per heavy atom. The molecule has 14 heavy (non-hydrogen) atoms. The Hall–Kier alpha value is -0.570. The molecule has 0 aliphatic heterocycles. The fourth-order valence-corrected chi connectivity index (χ4v) is 1.23. The van der Waals surface area contributed by atoms with E-state index in [4.69, 9.17) is 4.74 Å². The van der Waals surface area contributed by atoms with E-state index in [0.29, 0.717) is 0 Å². The Kier molecular flexibility index (Phi) is 7.48. The Bertz CT molecular complexity index is 253. The van der Waals surface area contributed by atoms with Gasteiger partial charge in [0, 0.05) is 12.5 Å². The summed E-state index contributed by atoms with van der Waals surface area (Å²) in [5, 5.41) is 0. The van der Waals surface area contributed by atoms with Crippen molar-refractivity contribution in [3.8, 4) is 5.75 Å². The summed E-state index contributed by atoms with van der Waals surface area (Å²) in [5.41, 5.74) is 0. The third-order valence-electron chi connectivity index (χ3n) is 1.91. The molecule has 0 radical (unpaired) electrons. The minimum absolute atomic E-state index is 0. The second kappa shape index (κ2) is 7.80. The summed E-state index contributed by atoms with van der Waals surface area (Å²) in [6.07, 6.45) is 6.59. The highest BCUT2D eigenvalue weighted by Gasteiger charge is 2.01. The minimum atomic E-state index is 0. The minimum Gasteiger partial charge on any atom is -1.00 e. The molecule has 0 saturated carbocycles. The fourth-order valence-electron chi connectivity index (χ4n) is 1.23. The van der Waals surface area contributed by atoms with Crippen LogP contribution in [0, 0.1) is 0 Å². The lowest BCUT2D eigenvalue weighted by Gasteiger charge is -2.00. The third-order valence-corrected chi connectivity index (χ3v) is 1.91. The first-order chi connectivity index (χ1) is 6.36. The molecule has 0 bridgehead atoms. The van der Waals surface area contributed by atoms with E-state index in [1.165, 1.54) is 12.8 Å². The monoisotopic (exact) mass is 259 g/mol. The van der Waals surface area contributed by atoms with E-state index in [-0.39, 0.29) is 17.0 Å². The van der Waals surface area contributed by atoms with Gasteiger partial charge in [-0.1, -0.05) is 13.3 Å². The number of aromatic nitrogens is 1. The van der Waals surface area contributed by atoms with Crippen LogP contribution in [0.1, 0.15) is 26.7 Å². The number of halogens is 1. The number of rotatable bonds is 5. The van der Waals surface area contributed by atoms with Crippen LogP contribution in [0.15, 0.2) is 24.5 Å². The fraction of sp³-hybridized carbons (Fsp3) is 0.545. The molecule has 0 aliphatic rings. The molecule has 0 N–H and O–H groups in total. The van der Waals surface area contributed by atoms with Gasteiger partial charge in [-0.15, -0.1) is 0 Å². The van der Waals surface area contributed by atoms with Gasteiger partial charge in [0.05, 0.1) is 6.61 Å². The molecule has 1 aromatic heterocycles. The lowest BCUT2D eigenvalue weighted by atomic mass is 10.3. The van der Waals surface area contributed by atoms with Crippen molar-refractivity contribution in [1.29, 1.82) is 0 Å². The highest BCUT2D eigenvalue weighted by atomic mass is 79.9. The van der Waals surface area contributed by atoms with E-state index in [0.717, 1.165) is 18.9 Å². The largest absolute Gasteiger partial charge is 1.00 e. The van der Waals surface area contributed by atoms with E-state index in [2.05, 4.69) is 23.9 Å². The maximum absolute atomic E-state index is 5.41. The molecule has 1 heterocycles. The van der Waals surface area contributed by atoms with Crippen LogP contribution in [0.25, 0.3) is 0 Å². The number of aryl methyl sites for hydroxylation is 1. The van der Waals surface area contributed by atoms with Crippen LogP contribution < -0.4 is 26.3 Å². The second-order valence-corrected chi connectivity index (χ2v) is 3.06. The molecule has 80 valence electrons. The summed E-state index contributed by atoms with van der Waals surface area (Å²) in [6.45, 7) is 6.02. The van der Waals surface area contributed by atoms with Crippen LogP contribution in [0.4, 0.5) is 0 Å². The number of hydrogen-bond acceptors (Lipinski definition) is 1. The summed E-state index contributed by atoms with van der Waals surface area (Å²) < 4.78 is 7.58. The molecule has 1 aromatic rings. The summed E-state index contributed by atoms with van der Waals surface area (Å²) in [7, 11) is 0. The molecule has 0 unspecified atom stereocenters. The van der Waals surface area contributed by atoms with Crippen molar-refractivity contribution in [1.82, 2.24) is 0 Å². The van der Waals surface area contributed by atoms with E-state index in [9.17, 15) is 0 Å². The topological polar surface area (TPSA) is 13.1 Å². The first-order valence-corrected chi connectivity index (χ1v) is 4.98. The smallest absolute Gasteiger partial charge is 0.211 e. The van der Waals surface area contributed by atoms with Crippen molar-refractivity contribution in [3.63, 3.8) is 0 Å². The molecule has 0 amide bonds. The van der Waals surface area contributed by atoms with Gasteiger partial charge in [-0.2, -0.15) is 0 Å². The maximum atomic E-state index is 5.41. The van der Waals surface area contributed by atoms with Gasteiger partial charge in [0.1, 0.15) is 6.54 Å². The number of hydrogen-bond donors (Lipinski definition) is 0. The van der Waals surface area contributed by atoms with Crippen molar-refractivity contribution in [2.24, 2.45) is 0 Å². The molecule has 1 rings (SSSR count). The van der Waals surface area contributed by atoms with Gasteiger partial charge in [-0.05, 0) is 13.0 Å². The highest BCUT2D eigenvalue weighted by Crippen LogP contribution is 2.04. The summed E-state index contributed by atoms with van der Waals surface area (Å²) in [6, 6.07) is 4.02. The predicted octanol–water partition coefficient (Wildman–Crippen LogP) is -0.823. The molecule has 0 aliphatic carbocycles. The molecule has 0 atom stereocenters. The Morgan fingerprint density at radius 3 is 2.79 bits per heavy atom. The van der Waals surface area contributed by atoms with Gasteiger partial charge in [-0.25, -0.2) is 4.57 Å². The number of ether oxygens (including phenoxy) is 1. The van der Waals surface area contributed by atoms with Gasteiger partial charge in [0.25, 0.3) is 0 Å². The standard InChI is InChI=1S/C11H18NO.BrH/c1-3-5-8-12-9-6-7-11(10-12)13-4-2;/h6-7,9-10H,3-5,8H2,1-2H3;1H/q+1;/p-1. The first-order valence-electron chi connectivity index (χ1n) is 4.98. The van der Waals surface area contributed by atoms with E-state index in [1.807, 2.05) is 19.1 Å². The molecule has 0 saturated heterocycles. The van der Waals surface area contributed by atoms with E-state index < -0.39 is 0 Å². The summed E-state index contributed by atoms with van der Waals surface area (Å²) >= 11 is 0. The first kappa shape index (κ1) is 13.4. The lowest BCUT2D eigenvalue weighted by molar-refractivity contribution is -0.697. The van der Waals surface area contributed by atoms with Crippen molar-refractivity contribution in [2.45, 2.75) is 33.2 Å². The van der Waals surface area contributed by atoms with Gasteiger partial charge < -0.3 is 21.7 Å². The van der Waals surface area contributed by atoms with E-state index in [1.54, 1.807) is 0 Å². The van der Waals surface area contributed by atoms with Crippen LogP contribution >= 0.6 is 0 Å². The van der Waals surface area contributed by atoms with Crippen molar-refractivity contribution >= 4 is 0 Å². The zero-order valence-electron chi connectivity index (χ0n) is 8.87. The molecular formula is C11H18BrNO. The molecule has 2 nitrogen and oxygen atoms in total. The van der Waals surface area contributed by atoms with Crippen molar-refractivity contribution in [2.75, 3.05) is 6.61 Å². The van der Waals surface area contributed by atoms with Crippen LogP contribution in [0.2, 0.25) is 0 Å². The molecular weight excluding hydrogens is 242 g/mol. The quantitative estimate of drug-likeness (QED) is 0.630. The average molecular weight is 260 g/mol. The molecule has 0 fully saturated rings. The molecule has 0 spiro atoms. The van der Waals surface area contributed by atoms with Crippen molar-refractivity contribution in [3.05, 3.63) is 24.5 Å². The zero-order chi connectivity index (χ0) is 9.52. The number of nitrogens with zero attached hydrogens (tertiary/aromatic N) is 1. The van der Waals surface area contributed by atoms with Crippen LogP contribution in [0.5, 0.6) is 5.75 Å². The summed E-state index contributed by atoms with van der Waals surface area (Å²) in [5.74, 6) is 0.959. The predicted molar refractivity (Wildman–Crippen MR) is 52.7 cm³/mol. The van der Waals surface area contributed by atoms with Crippen LogP contribution in [0.3, 0.4) is 0 Å². The number of pyridine rings is 1. The Balaban J connectivity index is 0.00000169.